The molecule has 0 amide bonds. The molecule has 1 aliphatic rings. The molecule has 1 saturated heterocycles. The van der Waals surface area contributed by atoms with Gasteiger partial charge in [0.2, 0.25) is 0 Å². The van der Waals surface area contributed by atoms with Gasteiger partial charge in [-0.15, -0.1) is 0 Å². The Hall–Kier alpha value is -1.69. The second-order valence-electron chi connectivity index (χ2n) is 3.88. The van der Waals surface area contributed by atoms with Crippen LogP contribution in [0.2, 0.25) is 0 Å². The van der Waals surface area contributed by atoms with Gasteiger partial charge in [-0.2, -0.15) is 0 Å². The predicted molar refractivity (Wildman–Crippen MR) is 60.6 cm³/mol. The lowest BCUT2D eigenvalue weighted by Gasteiger charge is -2.34. The van der Waals surface area contributed by atoms with Crippen molar-refractivity contribution in [3.05, 3.63) is 28.4 Å². The summed E-state index contributed by atoms with van der Waals surface area (Å²) >= 11 is 0. The van der Waals surface area contributed by atoms with Crippen molar-refractivity contribution in [2.24, 2.45) is 0 Å². The van der Waals surface area contributed by atoms with Crippen LogP contribution in [-0.4, -0.2) is 35.6 Å². The number of nitro groups is 1. The summed E-state index contributed by atoms with van der Waals surface area (Å²) in [6, 6.07) is 3.59. The molecular formula is C10H14N4O2. The van der Waals surface area contributed by atoms with Crippen LogP contribution in [-0.2, 0) is 0 Å². The molecule has 2 rings (SSSR count). The molecular weight excluding hydrogens is 208 g/mol. The second-order valence-corrected chi connectivity index (χ2v) is 3.88. The van der Waals surface area contributed by atoms with E-state index < -0.39 is 4.92 Å². The Bertz CT molecular complexity index is 379. The van der Waals surface area contributed by atoms with Crippen LogP contribution >= 0.6 is 0 Å². The Balaban J connectivity index is 2.17. The van der Waals surface area contributed by atoms with E-state index in [0.29, 0.717) is 6.04 Å². The smallest absolute Gasteiger partial charge is 0.363 e. The van der Waals surface area contributed by atoms with Gasteiger partial charge in [-0.1, -0.05) is 0 Å². The fourth-order valence-electron chi connectivity index (χ4n) is 1.88. The lowest BCUT2D eigenvalue weighted by molar-refractivity contribution is -0.389. The first kappa shape index (κ1) is 10.8. The quantitative estimate of drug-likeness (QED) is 0.591. The minimum atomic E-state index is -0.481. The molecule has 2 heterocycles. The third-order valence-electron chi connectivity index (χ3n) is 2.75. The molecule has 16 heavy (non-hydrogen) atoms. The lowest BCUT2D eigenvalue weighted by Crippen LogP contribution is -2.49. The van der Waals surface area contributed by atoms with Crippen LogP contribution in [0.5, 0.6) is 0 Å². The highest BCUT2D eigenvalue weighted by atomic mass is 16.6. The Kier molecular flexibility index (Phi) is 3.00. The summed E-state index contributed by atoms with van der Waals surface area (Å²) in [5.41, 5.74) is 0.944. The lowest BCUT2D eigenvalue weighted by atomic mass is 10.2. The Morgan fingerprint density at radius 3 is 3.00 bits per heavy atom. The zero-order valence-corrected chi connectivity index (χ0v) is 9.09. The van der Waals surface area contributed by atoms with Gasteiger partial charge in [0.25, 0.3) is 0 Å². The SMILES string of the molecule is C[C@H]1CNCCN1c1ccc([N+](=O)[O-])nc1. The van der Waals surface area contributed by atoms with E-state index in [0.717, 1.165) is 25.3 Å². The molecule has 0 saturated carbocycles. The van der Waals surface area contributed by atoms with Crippen molar-refractivity contribution in [3.8, 4) is 0 Å². The molecule has 1 aliphatic heterocycles. The van der Waals surface area contributed by atoms with Crippen LogP contribution in [0.3, 0.4) is 0 Å². The number of aromatic nitrogens is 1. The normalized spacial score (nSPS) is 20.8. The Labute approximate surface area is 93.4 Å². The van der Waals surface area contributed by atoms with Crippen LogP contribution in [0.4, 0.5) is 11.5 Å². The maximum Gasteiger partial charge on any atom is 0.363 e. The molecule has 1 atom stereocenters. The van der Waals surface area contributed by atoms with E-state index in [2.05, 4.69) is 22.1 Å². The summed E-state index contributed by atoms with van der Waals surface area (Å²) in [5.74, 6) is -0.105. The minimum Gasteiger partial charge on any atom is -0.363 e. The zero-order chi connectivity index (χ0) is 11.5. The summed E-state index contributed by atoms with van der Waals surface area (Å²) in [5, 5.41) is 13.8. The number of piperazine rings is 1. The number of pyridine rings is 1. The fraction of sp³-hybridized carbons (Fsp3) is 0.500. The molecule has 0 aromatic carbocycles. The molecule has 1 aromatic heterocycles. The van der Waals surface area contributed by atoms with E-state index in [1.165, 1.54) is 6.07 Å². The van der Waals surface area contributed by atoms with Gasteiger partial charge in [0.05, 0.1) is 5.69 Å². The topological polar surface area (TPSA) is 71.3 Å². The molecule has 0 radical (unpaired) electrons. The molecule has 1 fully saturated rings. The maximum absolute atomic E-state index is 10.5. The highest BCUT2D eigenvalue weighted by Gasteiger charge is 2.19. The van der Waals surface area contributed by atoms with Gasteiger partial charge in [-0.05, 0) is 22.9 Å². The summed E-state index contributed by atoms with van der Waals surface area (Å²) in [4.78, 5) is 16.0. The van der Waals surface area contributed by atoms with Gasteiger partial charge < -0.3 is 20.3 Å². The van der Waals surface area contributed by atoms with E-state index in [4.69, 9.17) is 0 Å². The van der Waals surface area contributed by atoms with E-state index in [9.17, 15) is 10.1 Å². The average Bonchev–Trinajstić information content (AvgIpc) is 2.30. The van der Waals surface area contributed by atoms with Crippen LogP contribution in [0.1, 0.15) is 6.92 Å². The van der Waals surface area contributed by atoms with Crippen molar-refractivity contribution in [2.75, 3.05) is 24.5 Å². The first-order valence-electron chi connectivity index (χ1n) is 5.26. The van der Waals surface area contributed by atoms with Crippen LogP contribution < -0.4 is 10.2 Å². The van der Waals surface area contributed by atoms with Crippen molar-refractivity contribution in [1.29, 1.82) is 0 Å². The fourth-order valence-corrected chi connectivity index (χ4v) is 1.88. The summed E-state index contributed by atoms with van der Waals surface area (Å²) in [6.07, 6.45) is 1.57. The van der Waals surface area contributed by atoms with E-state index >= 15 is 0 Å². The molecule has 1 aromatic rings. The zero-order valence-electron chi connectivity index (χ0n) is 9.09. The molecule has 0 bridgehead atoms. The second kappa shape index (κ2) is 4.44. The average molecular weight is 222 g/mol. The molecule has 0 unspecified atom stereocenters. The third kappa shape index (κ3) is 2.11. The van der Waals surface area contributed by atoms with Crippen molar-refractivity contribution in [2.45, 2.75) is 13.0 Å². The number of anilines is 1. The number of nitrogens with one attached hydrogen (secondary N) is 1. The first-order valence-corrected chi connectivity index (χ1v) is 5.26. The Morgan fingerprint density at radius 1 is 1.62 bits per heavy atom. The van der Waals surface area contributed by atoms with Gasteiger partial charge in [-0.25, -0.2) is 0 Å². The minimum absolute atomic E-state index is 0.105. The van der Waals surface area contributed by atoms with Gasteiger partial charge in [-0.3, -0.25) is 0 Å². The highest BCUT2D eigenvalue weighted by Crippen LogP contribution is 2.19. The molecule has 0 aliphatic carbocycles. The first-order chi connectivity index (χ1) is 7.68. The number of nitrogens with zero attached hydrogens (tertiary/aromatic N) is 3. The van der Waals surface area contributed by atoms with E-state index in [1.54, 1.807) is 12.3 Å². The van der Waals surface area contributed by atoms with Crippen LogP contribution in [0.15, 0.2) is 18.3 Å². The standard InChI is InChI=1S/C10H14N4O2/c1-8-6-11-4-5-13(8)9-2-3-10(12-7-9)14(15)16/h2-3,7-8,11H,4-6H2,1H3/t8-/m0/s1. The summed E-state index contributed by atoms with van der Waals surface area (Å²) < 4.78 is 0. The molecule has 86 valence electrons. The van der Waals surface area contributed by atoms with E-state index in [-0.39, 0.29) is 5.82 Å². The highest BCUT2D eigenvalue weighted by molar-refractivity contribution is 5.47. The number of hydrogen-bond donors (Lipinski definition) is 1. The van der Waals surface area contributed by atoms with Crippen LogP contribution in [0, 0.1) is 10.1 Å². The number of rotatable bonds is 2. The number of hydrogen-bond acceptors (Lipinski definition) is 5. The van der Waals surface area contributed by atoms with Gasteiger partial charge >= 0.3 is 5.82 Å². The monoisotopic (exact) mass is 222 g/mol. The third-order valence-corrected chi connectivity index (χ3v) is 2.75. The Morgan fingerprint density at radius 2 is 2.44 bits per heavy atom. The van der Waals surface area contributed by atoms with Crippen LogP contribution in [0.25, 0.3) is 0 Å². The summed E-state index contributed by atoms with van der Waals surface area (Å²) in [7, 11) is 0. The van der Waals surface area contributed by atoms with Gasteiger partial charge in [0, 0.05) is 31.7 Å². The molecule has 6 nitrogen and oxygen atoms in total. The van der Waals surface area contributed by atoms with E-state index in [1.807, 2.05) is 0 Å². The van der Waals surface area contributed by atoms with Crippen molar-refractivity contribution >= 4 is 11.5 Å². The van der Waals surface area contributed by atoms with Gasteiger partial charge in [0.15, 0.2) is 6.20 Å². The maximum atomic E-state index is 10.5. The van der Waals surface area contributed by atoms with Crippen molar-refractivity contribution in [3.63, 3.8) is 0 Å². The van der Waals surface area contributed by atoms with Gasteiger partial charge in [0.1, 0.15) is 0 Å². The summed E-state index contributed by atoms with van der Waals surface area (Å²) in [6.45, 7) is 4.88. The van der Waals surface area contributed by atoms with Crippen molar-refractivity contribution in [1.82, 2.24) is 10.3 Å². The molecule has 1 N–H and O–H groups in total. The predicted octanol–water partition coefficient (Wildman–Crippen LogP) is 0.788. The van der Waals surface area contributed by atoms with Crippen molar-refractivity contribution < 1.29 is 4.92 Å². The largest absolute Gasteiger partial charge is 0.363 e. The molecule has 0 spiro atoms. The molecule has 6 heteroatoms.